The zero-order valence-electron chi connectivity index (χ0n) is 19.7. The van der Waals surface area contributed by atoms with Crippen LogP contribution in [0.4, 0.5) is 0 Å². The number of ether oxygens (including phenoxy) is 1. The minimum absolute atomic E-state index is 0.688. The summed E-state index contributed by atoms with van der Waals surface area (Å²) in [5, 5.41) is 0. The number of methoxy groups -OCH3 is 1. The first-order chi connectivity index (χ1) is 15.2. The van der Waals surface area contributed by atoms with Crippen LogP contribution in [-0.4, -0.2) is 13.9 Å². The Bertz CT molecular complexity index is 768. The lowest BCUT2D eigenvalue weighted by molar-refractivity contribution is -0.0979. The number of carbonyl (C=O) groups is 1. The molecule has 1 aliphatic carbocycles. The molecular formula is C29H40O2. The molecule has 31 heavy (non-hydrogen) atoms. The molecule has 2 aromatic carbocycles. The Morgan fingerprint density at radius 2 is 1.52 bits per heavy atom. The van der Waals surface area contributed by atoms with Crippen LogP contribution in [0.1, 0.15) is 68.6 Å². The van der Waals surface area contributed by atoms with Crippen LogP contribution in [0.15, 0.2) is 67.8 Å². The molecule has 0 radical (unpaired) electrons. The predicted octanol–water partition coefficient (Wildman–Crippen LogP) is 7.92. The Morgan fingerprint density at radius 1 is 0.935 bits per heavy atom. The highest BCUT2D eigenvalue weighted by atomic mass is 16.5. The molecule has 0 amide bonds. The van der Waals surface area contributed by atoms with Crippen molar-refractivity contribution in [3.8, 4) is 11.1 Å². The van der Waals surface area contributed by atoms with Gasteiger partial charge in [0.2, 0.25) is 0 Å². The van der Waals surface area contributed by atoms with Gasteiger partial charge < -0.3 is 9.53 Å². The van der Waals surface area contributed by atoms with E-state index in [4.69, 9.17) is 9.53 Å². The summed E-state index contributed by atoms with van der Waals surface area (Å²) in [4.78, 5) is 8.00. The molecule has 1 aliphatic rings. The van der Waals surface area contributed by atoms with Crippen molar-refractivity contribution in [2.75, 3.05) is 7.11 Å². The SMILES string of the molecule is C=CC.C=CC1CCC(c2ccc(-c3ccc(CCC)c(COC)c3)cc2)CC1.C=O. The number of hydrogen-bond donors (Lipinski definition) is 0. The van der Waals surface area contributed by atoms with Crippen molar-refractivity contribution in [3.63, 3.8) is 0 Å². The quantitative estimate of drug-likeness (QED) is 0.425. The van der Waals surface area contributed by atoms with Crippen LogP contribution >= 0.6 is 0 Å². The van der Waals surface area contributed by atoms with Crippen molar-refractivity contribution in [1.82, 2.24) is 0 Å². The number of aryl methyl sites for hydroxylation is 1. The highest BCUT2D eigenvalue weighted by Crippen LogP contribution is 2.36. The molecule has 1 saturated carbocycles. The molecule has 2 aromatic rings. The van der Waals surface area contributed by atoms with Gasteiger partial charge in [-0.2, -0.15) is 0 Å². The largest absolute Gasteiger partial charge is 0.380 e. The number of carbonyl (C=O) groups excluding carboxylic acids is 1. The Morgan fingerprint density at radius 3 is 2.03 bits per heavy atom. The monoisotopic (exact) mass is 420 g/mol. The molecule has 0 aromatic heterocycles. The van der Waals surface area contributed by atoms with E-state index >= 15 is 0 Å². The Kier molecular flexibility index (Phi) is 13.2. The van der Waals surface area contributed by atoms with Gasteiger partial charge in [0, 0.05) is 7.11 Å². The van der Waals surface area contributed by atoms with Crippen LogP contribution in [0.3, 0.4) is 0 Å². The van der Waals surface area contributed by atoms with Gasteiger partial charge in [0.1, 0.15) is 6.79 Å². The zero-order chi connectivity index (χ0) is 23.1. The van der Waals surface area contributed by atoms with Crippen molar-refractivity contribution in [2.45, 2.75) is 64.9 Å². The standard InChI is InChI=1S/C25H32O.C3H6.CH2O/c1-4-6-20-15-16-24(17-25(20)18-26-3)23-13-11-22(12-14-23)21-9-7-19(5-2)8-10-21;1-3-2;1-2/h5,11-17,19,21H,2,4,6-10,18H2,1,3H3;3H,1H2,2H3;1H2. The molecular weight excluding hydrogens is 380 g/mol. The van der Waals surface area contributed by atoms with E-state index in [1.165, 1.54) is 59.9 Å². The third-order valence-electron chi connectivity index (χ3n) is 5.85. The predicted molar refractivity (Wildman–Crippen MR) is 134 cm³/mol. The minimum Gasteiger partial charge on any atom is -0.380 e. The maximum absolute atomic E-state index is 8.00. The maximum Gasteiger partial charge on any atom is 0.106 e. The van der Waals surface area contributed by atoms with Crippen LogP contribution in [0, 0.1) is 5.92 Å². The molecule has 0 bridgehead atoms. The van der Waals surface area contributed by atoms with Gasteiger partial charge in [-0.05, 0) is 84.7 Å². The van der Waals surface area contributed by atoms with Gasteiger partial charge in [-0.15, -0.1) is 13.2 Å². The normalized spacial score (nSPS) is 17.4. The van der Waals surface area contributed by atoms with Crippen LogP contribution in [0.5, 0.6) is 0 Å². The van der Waals surface area contributed by atoms with Gasteiger partial charge in [-0.1, -0.05) is 61.9 Å². The lowest BCUT2D eigenvalue weighted by Crippen LogP contribution is -2.11. The topological polar surface area (TPSA) is 26.3 Å². The smallest absolute Gasteiger partial charge is 0.106 e. The second-order valence-corrected chi connectivity index (χ2v) is 8.04. The summed E-state index contributed by atoms with van der Waals surface area (Å²) >= 11 is 0. The van der Waals surface area contributed by atoms with E-state index in [0.717, 1.165) is 18.3 Å². The lowest BCUT2D eigenvalue weighted by atomic mass is 9.78. The van der Waals surface area contributed by atoms with Crippen molar-refractivity contribution in [1.29, 1.82) is 0 Å². The van der Waals surface area contributed by atoms with E-state index in [0.29, 0.717) is 6.61 Å². The number of rotatable bonds is 7. The van der Waals surface area contributed by atoms with E-state index in [2.05, 4.69) is 68.6 Å². The van der Waals surface area contributed by atoms with E-state index < -0.39 is 0 Å². The fourth-order valence-corrected chi connectivity index (χ4v) is 4.24. The van der Waals surface area contributed by atoms with E-state index in [1.54, 1.807) is 13.2 Å². The summed E-state index contributed by atoms with van der Waals surface area (Å²) in [6, 6.07) is 16.1. The molecule has 0 heterocycles. The van der Waals surface area contributed by atoms with Crippen LogP contribution in [0.2, 0.25) is 0 Å². The Labute approximate surface area is 190 Å². The minimum atomic E-state index is 0.688. The zero-order valence-corrected chi connectivity index (χ0v) is 19.7. The molecule has 0 N–H and O–H groups in total. The molecule has 0 aliphatic heterocycles. The number of hydrogen-bond acceptors (Lipinski definition) is 2. The Hall–Kier alpha value is -2.45. The Balaban J connectivity index is 0.000000884. The second-order valence-electron chi connectivity index (χ2n) is 8.04. The van der Waals surface area contributed by atoms with Gasteiger partial charge in [-0.3, -0.25) is 0 Å². The molecule has 3 rings (SSSR count). The van der Waals surface area contributed by atoms with Gasteiger partial charge in [0.05, 0.1) is 6.61 Å². The summed E-state index contributed by atoms with van der Waals surface area (Å²) < 4.78 is 5.42. The fourth-order valence-electron chi connectivity index (χ4n) is 4.24. The summed E-state index contributed by atoms with van der Waals surface area (Å²) in [7, 11) is 1.78. The molecule has 0 atom stereocenters. The van der Waals surface area contributed by atoms with Gasteiger partial charge in [0.25, 0.3) is 0 Å². The van der Waals surface area contributed by atoms with Crippen LogP contribution < -0.4 is 0 Å². The summed E-state index contributed by atoms with van der Waals surface area (Å²) in [5.74, 6) is 1.45. The molecule has 0 unspecified atom stereocenters. The molecule has 2 heteroatoms. The van der Waals surface area contributed by atoms with E-state index in [9.17, 15) is 0 Å². The number of allylic oxidation sites excluding steroid dienone is 2. The first-order valence-electron chi connectivity index (χ1n) is 11.4. The van der Waals surface area contributed by atoms with Crippen molar-refractivity contribution in [2.24, 2.45) is 5.92 Å². The first-order valence-corrected chi connectivity index (χ1v) is 11.4. The third kappa shape index (κ3) is 8.30. The third-order valence-corrected chi connectivity index (χ3v) is 5.85. The average Bonchev–Trinajstić information content (AvgIpc) is 2.82. The van der Waals surface area contributed by atoms with Crippen molar-refractivity contribution >= 4 is 6.79 Å². The highest BCUT2D eigenvalue weighted by Gasteiger charge is 2.20. The van der Waals surface area contributed by atoms with E-state index in [1.807, 2.05) is 13.7 Å². The molecule has 0 saturated heterocycles. The number of benzene rings is 2. The molecule has 1 fully saturated rings. The van der Waals surface area contributed by atoms with Gasteiger partial charge in [0.15, 0.2) is 0 Å². The molecule has 168 valence electrons. The van der Waals surface area contributed by atoms with Crippen LogP contribution in [-0.2, 0) is 22.6 Å². The summed E-state index contributed by atoms with van der Waals surface area (Å²) in [5.41, 5.74) is 6.82. The highest BCUT2D eigenvalue weighted by molar-refractivity contribution is 5.65. The summed E-state index contributed by atoms with van der Waals surface area (Å²) in [6.45, 7) is 14.1. The van der Waals surface area contributed by atoms with Gasteiger partial charge in [-0.25, -0.2) is 0 Å². The molecule has 0 spiro atoms. The summed E-state index contributed by atoms with van der Waals surface area (Å²) in [6.07, 6.45) is 11.3. The van der Waals surface area contributed by atoms with Crippen molar-refractivity contribution in [3.05, 3.63) is 84.5 Å². The maximum atomic E-state index is 8.00. The molecule has 2 nitrogen and oxygen atoms in total. The van der Waals surface area contributed by atoms with Gasteiger partial charge >= 0.3 is 0 Å². The fraction of sp³-hybridized carbons (Fsp3) is 0.414. The van der Waals surface area contributed by atoms with Crippen LogP contribution in [0.25, 0.3) is 11.1 Å². The average molecular weight is 421 g/mol. The second kappa shape index (κ2) is 15.4. The lowest BCUT2D eigenvalue weighted by Gasteiger charge is -2.27. The van der Waals surface area contributed by atoms with E-state index in [-0.39, 0.29) is 0 Å². The first kappa shape index (κ1) is 26.6. The van der Waals surface area contributed by atoms with Crippen molar-refractivity contribution < 1.29 is 9.53 Å².